The minimum Gasteiger partial charge on any atom is -0.458 e. The molecule has 0 bridgehead atoms. The molecule has 8 nitrogen and oxygen atoms in total. The Hall–Kier alpha value is -2.10. The largest absolute Gasteiger partial charge is 0.458 e. The first-order chi connectivity index (χ1) is 17.3. The van der Waals surface area contributed by atoms with E-state index < -0.39 is 35.6 Å². The molecule has 0 aliphatic carbocycles. The summed E-state index contributed by atoms with van der Waals surface area (Å²) in [5.41, 5.74) is 0.329. The molecule has 2 rings (SSSR count). The number of amides is 1. The fourth-order valence-electron chi connectivity index (χ4n) is 4.80. The summed E-state index contributed by atoms with van der Waals surface area (Å²) in [6.45, 7) is 13.3. The van der Waals surface area contributed by atoms with Crippen LogP contribution in [0.15, 0.2) is 11.0 Å². The Morgan fingerprint density at radius 2 is 1.92 bits per heavy atom. The van der Waals surface area contributed by atoms with Gasteiger partial charge >= 0.3 is 5.97 Å². The van der Waals surface area contributed by atoms with Gasteiger partial charge in [0.2, 0.25) is 5.91 Å². The average Bonchev–Trinajstić information content (AvgIpc) is 3.26. The van der Waals surface area contributed by atoms with E-state index in [1.807, 2.05) is 39.2 Å². The van der Waals surface area contributed by atoms with E-state index in [2.05, 4.69) is 4.98 Å². The van der Waals surface area contributed by atoms with Crippen molar-refractivity contribution in [3.63, 3.8) is 0 Å². The Kier molecular flexibility index (Phi) is 11.5. The number of aliphatic hydroxyl groups excluding tert-OH is 2. The van der Waals surface area contributed by atoms with Crippen molar-refractivity contribution in [2.45, 2.75) is 98.9 Å². The van der Waals surface area contributed by atoms with Crippen molar-refractivity contribution < 1.29 is 29.3 Å². The fourth-order valence-corrected chi connectivity index (χ4v) is 5.37. The highest BCUT2D eigenvalue weighted by Gasteiger charge is 2.42. The number of carbonyl (C=O) groups excluding carboxylic acids is 3. The molecule has 1 aromatic rings. The number of ether oxygens (including phenoxy) is 1. The monoisotopic (exact) mass is 536 g/mol. The van der Waals surface area contributed by atoms with Crippen LogP contribution in [0.2, 0.25) is 0 Å². The summed E-state index contributed by atoms with van der Waals surface area (Å²) in [6, 6.07) is 0. The Balaban J connectivity index is 2.37. The van der Waals surface area contributed by atoms with Gasteiger partial charge in [-0.3, -0.25) is 14.4 Å². The lowest BCUT2D eigenvalue weighted by atomic mass is 9.73. The number of thiazole rings is 1. The summed E-state index contributed by atoms with van der Waals surface area (Å²) in [7, 11) is 0. The molecule has 1 amide bonds. The van der Waals surface area contributed by atoms with Gasteiger partial charge in [0, 0.05) is 37.2 Å². The third-order valence-electron chi connectivity index (χ3n) is 7.53. The quantitative estimate of drug-likeness (QED) is 0.557. The second kappa shape index (κ2) is 13.6. The van der Waals surface area contributed by atoms with E-state index in [0.29, 0.717) is 38.8 Å². The molecule has 1 saturated heterocycles. The number of ketones is 1. The number of aliphatic hydroxyl groups is 2. The number of hydrogen-bond donors (Lipinski definition) is 2. The first kappa shape index (κ1) is 31.1. The van der Waals surface area contributed by atoms with Gasteiger partial charge in [-0.15, -0.1) is 11.3 Å². The van der Waals surface area contributed by atoms with Gasteiger partial charge in [-0.25, -0.2) is 4.98 Å². The number of hydrogen-bond acceptors (Lipinski definition) is 8. The summed E-state index contributed by atoms with van der Waals surface area (Å²) in [6.07, 6.45) is 0.841. The van der Waals surface area contributed by atoms with Crippen LogP contribution >= 0.6 is 11.3 Å². The molecule has 5 atom stereocenters. The maximum absolute atomic E-state index is 13.3. The maximum Gasteiger partial charge on any atom is 0.309 e. The van der Waals surface area contributed by atoms with Gasteiger partial charge < -0.3 is 19.8 Å². The molecule has 208 valence electrons. The Bertz CT molecular complexity index is 972. The average molecular weight is 537 g/mol. The Morgan fingerprint density at radius 3 is 2.51 bits per heavy atom. The predicted octanol–water partition coefficient (Wildman–Crippen LogP) is 4.17. The molecule has 1 aliphatic heterocycles. The molecular formula is C28H44N2O6S. The number of rotatable bonds is 3. The van der Waals surface area contributed by atoms with Crippen molar-refractivity contribution in [2.75, 3.05) is 13.1 Å². The molecule has 37 heavy (non-hydrogen) atoms. The van der Waals surface area contributed by atoms with Gasteiger partial charge in [-0.2, -0.15) is 0 Å². The van der Waals surface area contributed by atoms with Crippen LogP contribution in [0, 0.1) is 24.2 Å². The molecule has 2 N–H and O–H groups in total. The lowest BCUT2D eigenvalue weighted by Crippen LogP contribution is -2.46. The van der Waals surface area contributed by atoms with E-state index in [9.17, 15) is 24.6 Å². The first-order valence-electron chi connectivity index (χ1n) is 13.3. The highest BCUT2D eigenvalue weighted by atomic mass is 32.1. The molecular weight excluding hydrogens is 492 g/mol. The van der Waals surface area contributed by atoms with E-state index in [1.54, 1.807) is 25.7 Å². The molecule has 2 heterocycles. The predicted molar refractivity (Wildman–Crippen MR) is 145 cm³/mol. The molecule has 0 unspecified atom stereocenters. The summed E-state index contributed by atoms with van der Waals surface area (Å²) >= 11 is 1.53. The molecule has 0 radical (unpaired) electrons. The SMILES string of the molecule is CCC(=O)N1CCC[C@H](C)[C@H](O)[C@@H](C)C(=O)C(C)(C)[C@@H](O)CC(=O)O[C@H](/C(C)=C/c2csc(C)n2)CC1. The summed E-state index contributed by atoms with van der Waals surface area (Å²) in [5.74, 6) is -1.78. The van der Waals surface area contributed by atoms with Gasteiger partial charge in [-0.1, -0.05) is 34.6 Å². The zero-order chi connectivity index (χ0) is 27.9. The van der Waals surface area contributed by atoms with E-state index >= 15 is 0 Å². The van der Waals surface area contributed by atoms with Crippen molar-refractivity contribution in [2.24, 2.45) is 17.3 Å². The summed E-state index contributed by atoms with van der Waals surface area (Å²) in [4.78, 5) is 45.1. The Labute approximate surface area is 225 Å². The van der Waals surface area contributed by atoms with Crippen LogP contribution in [0.5, 0.6) is 0 Å². The highest BCUT2D eigenvalue weighted by Crippen LogP contribution is 2.32. The number of esters is 1. The zero-order valence-corrected chi connectivity index (χ0v) is 24.1. The standard InChI is InChI=1S/C28H44N2O6S/c1-8-24(32)30-12-9-10-17(2)26(34)19(4)27(35)28(6,7)23(31)15-25(33)36-22(11-13-30)18(3)14-21-16-37-20(5)29-21/h14,16-17,19,22-23,26,31,34H,8-13,15H2,1-7H3/b18-14+/t17-,19+,22-,23-,26-/m0/s1. The molecule has 9 heteroatoms. The lowest BCUT2D eigenvalue weighted by molar-refractivity contribution is -0.154. The van der Waals surface area contributed by atoms with Crippen molar-refractivity contribution in [1.82, 2.24) is 9.88 Å². The molecule has 0 spiro atoms. The maximum atomic E-state index is 13.3. The zero-order valence-electron chi connectivity index (χ0n) is 23.3. The van der Waals surface area contributed by atoms with Crippen LogP contribution in [0.1, 0.15) is 84.3 Å². The molecule has 0 saturated carbocycles. The molecule has 0 aromatic carbocycles. The second-order valence-corrected chi connectivity index (χ2v) is 11.9. The number of aryl methyl sites for hydroxylation is 1. The van der Waals surface area contributed by atoms with Gasteiger partial charge in [0.05, 0.1) is 34.7 Å². The number of cyclic esters (lactones) is 1. The van der Waals surface area contributed by atoms with E-state index in [-0.39, 0.29) is 24.0 Å². The summed E-state index contributed by atoms with van der Waals surface area (Å²) in [5, 5.41) is 24.6. The normalized spacial score (nSPS) is 29.2. The summed E-state index contributed by atoms with van der Waals surface area (Å²) < 4.78 is 5.83. The number of Topliss-reactive ketones (excluding diaryl/α,β-unsaturated/α-hetero) is 1. The third kappa shape index (κ3) is 8.45. The van der Waals surface area contributed by atoms with Crippen LogP contribution in [0.3, 0.4) is 0 Å². The lowest BCUT2D eigenvalue weighted by Gasteiger charge is -2.35. The van der Waals surface area contributed by atoms with Crippen LogP contribution in [-0.4, -0.2) is 69.2 Å². The van der Waals surface area contributed by atoms with Crippen molar-refractivity contribution in [1.29, 1.82) is 0 Å². The number of nitrogens with zero attached hydrogens (tertiary/aromatic N) is 2. The van der Waals surface area contributed by atoms with Crippen molar-refractivity contribution >= 4 is 35.1 Å². The van der Waals surface area contributed by atoms with E-state index in [0.717, 1.165) is 16.3 Å². The highest BCUT2D eigenvalue weighted by molar-refractivity contribution is 7.09. The third-order valence-corrected chi connectivity index (χ3v) is 8.33. The van der Waals surface area contributed by atoms with Gasteiger partial charge in [-0.05, 0) is 44.3 Å². The van der Waals surface area contributed by atoms with Crippen molar-refractivity contribution in [3.05, 3.63) is 21.7 Å². The molecule has 1 aliphatic rings. The topological polar surface area (TPSA) is 117 Å². The second-order valence-electron chi connectivity index (χ2n) is 10.9. The number of carbonyl (C=O) groups is 3. The smallest absolute Gasteiger partial charge is 0.309 e. The van der Waals surface area contributed by atoms with E-state index in [1.165, 1.54) is 11.3 Å². The molecule has 1 aromatic heterocycles. The fraction of sp³-hybridized carbons (Fsp3) is 0.714. The van der Waals surface area contributed by atoms with Gasteiger partial charge in [0.25, 0.3) is 0 Å². The van der Waals surface area contributed by atoms with Crippen molar-refractivity contribution in [3.8, 4) is 0 Å². The first-order valence-corrected chi connectivity index (χ1v) is 14.1. The minimum atomic E-state index is -1.27. The van der Waals surface area contributed by atoms with Crippen LogP contribution in [-0.2, 0) is 19.1 Å². The van der Waals surface area contributed by atoms with Crippen LogP contribution in [0.25, 0.3) is 6.08 Å². The van der Waals surface area contributed by atoms with Crippen LogP contribution < -0.4 is 0 Å². The van der Waals surface area contributed by atoms with Gasteiger partial charge in [0.1, 0.15) is 11.9 Å². The van der Waals surface area contributed by atoms with Crippen LogP contribution in [0.4, 0.5) is 0 Å². The van der Waals surface area contributed by atoms with E-state index in [4.69, 9.17) is 4.74 Å². The number of aromatic nitrogens is 1. The molecule has 1 fully saturated rings. The van der Waals surface area contributed by atoms with Gasteiger partial charge in [0.15, 0.2) is 0 Å². The minimum absolute atomic E-state index is 0.0110. The Morgan fingerprint density at radius 1 is 1.24 bits per heavy atom.